The van der Waals surface area contributed by atoms with Crippen LogP contribution in [0.25, 0.3) is 0 Å². The number of benzene rings is 2. The third-order valence-electron chi connectivity index (χ3n) is 5.69. The first-order valence-electron chi connectivity index (χ1n) is 12.8. The molecule has 0 radical (unpaired) electrons. The summed E-state index contributed by atoms with van der Waals surface area (Å²) >= 11 is 2.12. The standard InChI is InChI=1S/C20H26S.C7H8.2C2H6.CH4/c1-4-16(15-10-6-5-7-11-15)20-19(14(2)3)17-12-8-9-13-18(17)21-20;1-7-5-3-2-4-6-7;2*1-2;/h5-7,10-11,14,16H,4,8-9,12-13H2,1-3H3;2-6H,1H3;2*1-2H3;1H4. The fraction of sp³-hybridized carbons (Fsp3) is 0.500. The average molecular weight is 467 g/mol. The molecular weight excluding hydrogens is 416 g/mol. The number of fused-ring (bicyclic) bond motifs is 1. The summed E-state index contributed by atoms with van der Waals surface area (Å²) in [5, 5.41) is 0. The molecule has 1 aliphatic rings. The summed E-state index contributed by atoms with van der Waals surface area (Å²) in [6.45, 7) is 17.2. The summed E-state index contributed by atoms with van der Waals surface area (Å²) < 4.78 is 0. The molecule has 0 fully saturated rings. The number of rotatable bonds is 4. The van der Waals surface area contributed by atoms with Crippen LogP contribution in [0.1, 0.15) is 119 Å². The van der Waals surface area contributed by atoms with E-state index in [1.165, 1.54) is 43.2 Å². The van der Waals surface area contributed by atoms with Gasteiger partial charge in [-0.3, -0.25) is 0 Å². The highest BCUT2D eigenvalue weighted by Gasteiger charge is 2.26. The maximum Gasteiger partial charge on any atom is 0.0184 e. The van der Waals surface area contributed by atoms with E-state index in [1.54, 1.807) is 20.9 Å². The molecule has 1 heteroatoms. The van der Waals surface area contributed by atoms with E-state index in [0.29, 0.717) is 11.8 Å². The van der Waals surface area contributed by atoms with Crippen molar-refractivity contribution in [3.63, 3.8) is 0 Å². The van der Waals surface area contributed by atoms with Crippen LogP contribution in [0.2, 0.25) is 0 Å². The van der Waals surface area contributed by atoms with Crippen molar-refractivity contribution in [3.05, 3.63) is 92.7 Å². The van der Waals surface area contributed by atoms with Crippen LogP contribution in [0, 0.1) is 6.92 Å². The molecule has 184 valence electrons. The minimum atomic E-state index is 0. The summed E-state index contributed by atoms with van der Waals surface area (Å²) in [4.78, 5) is 3.35. The van der Waals surface area contributed by atoms with Crippen molar-refractivity contribution in [2.45, 2.75) is 107 Å². The van der Waals surface area contributed by atoms with Crippen molar-refractivity contribution in [1.82, 2.24) is 0 Å². The van der Waals surface area contributed by atoms with E-state index in [0.717, 1.165) is 0 Å². The van der Waals surface area contributed by atoms with Crippen molar-refractivity contribution in [1.29, 1.82) is 0 Å². The van der Waals surface area contributed by atoms with E-state index in [1.807, 2.05) is 45.9 Å². The molecule has 0 saturated heterocycles. The van der Waals surface area contributed by atoms with Gasteiger partial charge in [-0.15, -0.1) is 11.3 Å². The molecule has 2 aromatic carbocycles. The molecule has 0 bridgehead atoms. The molecule has 4 rings (SSSR count). The first-order valence-corrected chi connectivity index (χ1v) is 13.6. The van der Waals surface area contributed by atoms with Crippen LogP contribution in [-0.4, -0.2) is 0 Å². The van der Waals surface area contributed by atoms with E-state index < -0.39 is 0 Å². The van der Waals surface area contributed by atoms with Gasteiger partial charge < -0.3 is 0 Å². The lowest BCUT2D eigenvalue weighted by Crippen LogP contribution is -2.05. The van der Waals surface area contributed by atoms with Crippen LogP contribution >= 0.6 is 11.3 Å². The van der Waals surface area contributed by atoms with Gasteiger partial charge in [0, 0.05) is 15.7 Å². The van der Waals surface area contributed by atoms with E-state index in [2.05, 4.69) is 81.5 Å². The monoisotopic (exact) mass is 466 g/mol. The van der Waals surface area contributed by atoms with E-state index >= 15 is 0 Å². The quantitative estimate of drug-likeness (QED) is 0.358. The molecule has 0 aliphatic heterocycles. The molecule has 0 N–H and O–H groups in total. The van der Waals surface area contributed by atoms with Crippen molar-refractivity contribution in [2.75, 3.05) is 0 Å². The van der Waals surface area contributed by atoms with Crippen molar-refractivity contribution >= 4 is 11.3 Å². The van der Waals surface area contributed by atoms with Crippen molar-refractivity contribution < 1.29 is 0 Å². The fourth-order valence-corrected chi connectivity index (χ4v) is 6.06. The highest BCUT2D eigenvalue weighted by atomic mass is 32.1. The Morgan fingerprint density at radius 1 is 0.788 bits per heavy atom. The Morgan fingerprint density at radius 2 is 1.30 bits per heavy atom. The Morgan fingerprint density at radius 3 is 1.76 bits per heavy atom. The summed E-state index contributed by atoms with van der Waals surface area (Å²) in [5.41, 5.74) is 6.21. The zero-order valence-corrected chi connectivity index (χ0v) is 22.7. The maximum atomic E-state index is 2.37. The zero-order chi connectivity index (χ0) is 23.9. The molecule has 0 saturated carbocycles. The molecule has 0 amide bonds. The number of aryl methyl sites for hydroxylation is 2. The molecular formula is C32H50S. The predicted molar refractivity (Wildman–Crippen MR) is 154 cm³/mol. The Kier molecular flexibility index (Phi) is 16.6. The maximum absolute atomic E-state index is 2.37. The predicted octanol–water partition coefficient (Wildman–Crippen LogP) is 11.0. The summed E-state index contributed by atoms with van der Waals surface area (Å²) in [7, 11) is 0. The Hall–Kier alpha value is -1.86. The lowest BCUT2D eigenvalue weighted by molar-refractivity contribution is 0.679. The van der Waals surface area contributed by atoms with E-state index in [4.69, 9.17) is 0 Å². The highest BCUT2D eigenvalue weighted by molar-refractivity contribution is 7.12. The Labute approximate surface area is 210 Å². The third-order valence-corrected chi connectivity index (χ3v) is 7.11. The van der Waals surface area contributed by atoms with Crippen LogP contribution in [0.15, 0.2) is 60.7 Å². The molecule has 3 aromatic rings. The lowest BCUT2D eigenvalue weighted by atomic mass is 9.85. The van der Waals surface area contributed by atoms with E-state index in [9.17, 15) is 0 Å². The van der Waals surface area contributed by atoms with Gasteiger partial charge in [-0.2, -0.15) is 0 Å². The molecule has 1 atom stereocenters. The van der Waals surface area contributed by atoms with Gasteiger partial charge in [-0.25, -0.2) is 0 Å². The van der Waals surface area contributed by atoms with Gasteiger partial charge in [0.05, 0.1) is 0 Å². The van der Waals surface area contributed by atoms with Gasteiger partial charge >= 0.3 is 0 Å². The van der Waals surface area contributed by atoms with Gasteiger partial charge in [-0.05, 0) is 61.6 Å². The number of hydrogen-bond donors (Lipinski definition) is 0. The largest absolute Gasteiger partial charge is 0.144 e. The normalized spacial score (nSPS) is 12.4. The Bertz CT molecular complexity index is 843. The second kappa shape index (κ2) is 17.6. The minimum absolute atomic E-state index is 0. The molecule has 0 nitrogen and oxygen atoms in total. The summed E-state index contributed by atoms with van der Waals surface area (Å²) in [6.07, 6.45) is 6.58. The van der Waals surface area contributed by atoms with E-state index in [-0.39, 0.29) is 7.43 Å². The Balaban J connectivity index is 0.000000720. The average Bonchev–Trinajstić information content (AvgIpc) is 3.23. The summed E-state index contributed by atoms with van der Waals surface area (Å²) in [5.74, 6) is 1.23. The first kappa shape index (κ1) is 31.1. The zero-order valence-electron chi connectivity index (χ0n) is 21.9. The smallest absolute Gasteiger partial charge is 0.0184 e. The van der Waals surface area contributed by atoms with Crippen LogP contribution in [0.4, 0.5) is 0 Å². The van der Waals surface area contributed by atoms with Gasteiger partial charge in [0.1, 0.15) is 0 Å². The second-order valence-electron chi connectivity index (χ2n) is 8.17. The molecule has 0 spiro atoms. The van der Waals surface area contributed by atoms with Crippen LogP contribution in [0.5, 0.6) is 0 Å². The summed E-state index contributed by atoms with van der Waals surface area (Å²) in [6, 6.07) is 21.4. The van der Waals surface area contributed by atoms with Crippen molar-refractivity contribution in [2.24, 2.45) is 0 Å². The molecule has 1 heterocycles. The number of hydrogen-bond acceptors (Lipinski definition) is 1. The highest BCUT2D eigenvalue weighted by Crippen LogP contribution is 2.44. The molecule has 1 aromatic heterocycles. The van der Waals surface area contributed by atoms with Crippen molar-refractivity contribution in [3.8, 4) is 0 Å². The second-order valence-corrected chi connectivity index (χ2v) is 9.31. The SMILES string of the molecule is C.CC.CC.CCC(c1ccccc1)c1sc2c(c1C(C)C)CCCC2.Cc1ccccc1. The van der Waals surface area contributed by atoms with Gasteiger partial charge in [0.2, 0.25) is 0 Å². The van der Waals surface area contributed by atoms with Crippen LogP contribution in [0.3, 0.4) is 0 Å². The van der Waals surface area contributed by atoms with Crippen LogP contribution in [-0.2, 0) is 12.8 Å². The number of thiophene rings is 1. The van der Waals surface area contributed by atoms with Crippen LogP contribution < -0.4 is 0 Å². The fourth-order valence-electron chi connectivity index (χ4n) is 4.30. The minimum Gasteiger partial charge on any atom is -0.144 e. The topological polar surface area (TPSA) is 0 Å². The van der Waals surface area contributed by atoms with Gasteiger partial charge in [-0.1, -0.05) is 122 Å². The molecule has 1 aliphatic carbocycles. The lowest BCUT2D eigenvalue weighted by Gasteiger charge is -2.19. The first-order chi connectivity index (χ1) is 15.6. The van der Waals surface area contributed by atoms with Gasteiger partial charge in [0.25, 0.3) is 0 Å². The van der Waals surface area contributed by atoms with Gasteiger partial charge in [0.15, 0.2) is 0 Å². The molecule has 33 heavy (non-hydrogen) atoms. The third kappa shape index (κ3) is 9.13. The molecule has 1 unspecified atom stereocenters.